The van der Waals surface area contributed by atoms with Crippen molar-refractivity contribution in [1.29, 1.82) is 0 Å². The molecule has 0 aliphatic carbocycles. The maximum absolute atomic E-state index is 12.9. The fourth-order valence-corrected chi connectivity index (χ4v) is 3.61. The molecule has 28 heavy (non-hydrogen) atoms. The molecule has 0 aromatic heterocycles. The second-order valence-corrected chi connectivity index (χ2v) is 7.71. The number of aliphatic imine (C=N–C) groups is 1. The fraction of sp³-hybridized carbons (Fsp3) is 0.556. The molecule has 1 fully saturated rings. The molecule has 5 nitrogen and oxygen atoms in total. The molecule has 2 rings (SSSR count). The van der Waals surface area contributed by atoms with Crippen LogP contribution in [0.4, 0.5) is 13.2 Å². The second kappa shape index (κ2) is 11.7. The number of likely N-dealkylation sites (N-methyl/N-ethyl adjacent to an activating group) is 1. The van der Waals surface area contributed by atoms with E-state index in [0.717, 1.165) is 36.5 Å². The molecule has 1 saturated heterocycles. The Labute approximate surface area is 184 Å². The molecule has 1 aliphatic heterocycles. The number of alkyl halides is 3. The van der Waals surface area contributed by atoms with E-state index in [0.29, 0.717) is 11.5 Å². The number of carbonyl (C=O) groups excluding carboxylic acids is 1. The third-order valence-electron chi connectivity index (χ3n) is 4.08. The number of guanidine groups is 1. The van der Waals surface area contributed by atoms with Crippen molar-refractivity contribution < 1.29 is 18.0 Å². The van der Waals surface area contributed by atoms with Gasteiger partial charge < -0.3 is 15.5 Å². The van der Waals surface area contributed by atoms with E-state index in [9.17, 15) is 18.0 Å². The quantitative estimate of drug-likeness (QED) is 0.349. The topological polar surface area (TPSA) is 56.7 Å². The van der Waals surface area contributed by atoms with Gasteiger partial charge in [0, 0.05) is 25.9 Å². The molecular weight excluding hydrogens is 504 g/mol. The van der Waals surface area contributed by atoms with E-state index in [4.69, 9.17) is 0 Å². The monoisotopic (exact) mass is 530 g/mol. The predicted octanol–water partition coefficient (Wildman–Crippen LogP) is 3.34. The van der Waals surface area contributed by atoms with Gasteiger partial charge in [-0.2, -0.15) is 24.9 Å². The molecule has 1 aliphatic rings. The maximum atomic E-state index is 12.9. The minimum absolute atomic E-state index is 0. The summed E-state index contributed by atoms with van der Waals surface area (Å²) in [5, 5.41) is 6.27. The second-order valence-electron chi connectivity index (χ2n) is 6.56. The third kappa shape index (κ3) is 8.46. The Morgan fingerprint density at radius 1 is 1.36 bits per heavy atom. The molecule has 158 valence electrons. The van der Waals surface area contributed by atoms with Crippen molar-refractivity contribution in [2.24, 2.45) is 4.99 Å². The van der Waals surface area contributed by atoms with Crippen LogP contribution in [0, 0.1) is 0 Å². The van der Waals surface area contributed by atoms with E-state index < -0.39 is 11.7 Å². The molecule has 1 amide bonds. The Bertz CT molecular complexity index is 664. The summed E-state index contributed by atoms with van der Waals surface area (Å²) < 4.78 is 38.6. The molecule has 10 heteroatoms. The van der Waals surface area contributed by atoms with Crippen LogP contribution in [-0.4, -0.2) is 55.0 Å². The van der Waals surface area contributed by atoms with Crippen molar-refractivity contribution in [2.75, 3.05) is 32.1 Å². The Kier molecular flexibility index (Phi) is 10.4. The zero-order valence-electron chi connectivity index (χ0n) is 15.9. The number of carbonyl (C=O) groups is 1. The van der Waals surface area contributed by atoms with Gasteiger partial charge in [-0.3, -0.25) is 4.79 Å². The van der Waals surface area contributed by atoms with Gasteiger partial charge >= 0.3 is 6.18 Å². The van der Waals surface area contributed by atoms with Gasteiger partial charge in [-0.05, 0) is 36.3 Å². The van der Waals surface area contributed by atoms with Gasteiger partial charge in [0.2, 0.25) is 5.91 Å². The van der Waals surface area contributed by atoms with Gasteiger partial charge in [0.1, 0.15) is 0 Å². The lowest BCUT2D eigenvalue weighted by Crippen LogP contribution is -2.48. The van der Waals surface area contributed by atoms with E-state index in [-0.39, 0.29) is 49.0 Å². The SMILES string of the molecule is CN(C)C(=O)CNC(=NCc1cccc(C(F)(F)F)c1)NC1CCCSC1.I. The van der Waals surface area contributed by atoms with Crippen molar-refractivity contribution in [1.82, 2.24) is 15.5 Å². The van der Waals surface area contributed by atoms with Crippen LogP contribution in [0.2, 0.25) is 0 Å². The van der Waals surface area contributed by atoms with Crippen molar-refractivity contribution in [3.8, 4) is 0 Å². The number of amides is 1. The largest absolute Gasteiger partial charge is 0.416 e. The third-order valence-corrected chi connectivity index (χ3v) is 5.30. The highest BCUT2D eigenvalue weighted by molar-refractivity contribution is 14.0. The summed E-state index contributed by atoms with van der Waals surface area (Å²) in [6, 6.07) is 5.35. The average molecular weight is 530 g/mol. The molecule has 1 atom stereocenters. The number of nitrogens with one attached hydrogen (secondary N) is 2. The Hall–Kier alpha value is -1.17. The van der Waals surface area contributed by atoms with Crippen LogP contribution in [0.3, 0.4) is 0 Å². The Morgan fingerprint density at radius 3 is 2.71 bits per heavy atom. The fourth-order valence-electron chi connectivity index (χ4n) is 2.53. The number of thioether (sulfide) groups is 1. The summed E-state index contributed by atoms with van der Waals surface area (Å²) in [5.41, 5.74) is -0.230. The van der Waals surface area contributed by atoms with Crippen LogP contribution in [0.15, 0.2) is 29.3 Å². The molecule has 0 saturated carbocycles. The zero-order valence-corrected chi connectivity index (χ0v) is 19.0. The number of rotatable bonds is 5. The van der Waals surface area contributed by atoms with E-state index >= 15 is 0 Å². The highest BCUT2D eigenvalue weighted by Gasteiger charge is 2.30. The summed E-state index contributed by atoms with van der Waals surface area (Å²) in [6.45, 7) is 0.163. The van der Waals surface area contributed by atoms with Gasteiger partial charge in [-0.15, -0.1) is 24.0 Å². The number of benzene rings is 1. The summed E-state index contributed by atoms with van der Waals surface area (Å²) in [6.07, 6.45) is -2.28. The summed E-state index contributed by atoms with van der Waals surface area (Å²) in [7, 11) is 3.32. The molecule has 0 spiro atoms. The standard InChI is InChI=1S/C18H25F3N4OS.HI/c1-25(2)16(26)11-23-17(24-15-7-4-8-27-12-15)22-10-13-5-3-6-14(9-13)18(19,20)21;/h3,5-6,9,15H,4,7-8,10-12H2,1-2H3,(H2,22,23,24);1H. The van der Waals surface area contributed by atoms with Crippen LogP contribution < -0.4 is 10.6 Å². The minimum atomic E-state index is -4.38. The van der Waals surface area contributed by atoms with Crippen LogP contribution in [0.5, 0.6) is 0 Å². The Balaban J connectivity index is 0.00000392. The minimum Gasteiger partial charge on any atom is -0.353 e. The van der Waals surface area contributed by atoms with E-state index in [1.165, 1.54) is 11.0 Å². The van der Waals surface area contributed by atoms with Crippen molar-refractivity contribution in [3.63, 3.8) is 0 Å². The van der Waals surface area contributed by atoms with Gasteiger partial charge in [-0.25, -0.2) is 4.99 Å². The summed E-state index contributed by atoms with van der Waals surface area (Å²) in [5.74, 6) is 2.39. The molecule has 1 aromatic carbocycles. The van der Waals surface area contributed by atoms with Gasteiger partial charge in [-0.1, -0.05) is 12.1 Å². The first-order valence-corrected chi connectivity index (χ1v) is 9.90. The normalized spacial score (nSPS) is 17.5. The van der Waals surface area contributed by atoms with Gasteiger partial charge in [0.15, 0.2) is 5.96 Å². The van der Waals surface area contributed by atoms with Crippen LogP contribution in [0.25, 0.3) is 0 Å². The lowest BCUT2D eigenvalue weighted by Gasteiger charge is -2.25. The Morgan fingerprint density at radius 2 is 2.11 bits per heavy atom. The first-order valence-electron chi connectivity index (χ1n) is 8.74. The van der Waals surface area contributed by atoms with Gasteiger partial charge in [0.05, 0.1) is 18.7 Å². The molecule has 1 unspecified atom stereocenters. The van der Waals surface area contributed by atoms with Crippen molar-refractivity contribution >= 4 is 47.6 Å². The van der Waals surface area contributed by atoms with E-state index in [1.54, 1.807) is 20.2 Å². The highest BCUT2D eigenvalue weighted by atomic mass is 127. The lowest BCUT2D eigenvalue weighted by molar-refractivity contribution is -0.137. The smallest absolute Gasteiger partial charge is 0.353 e. The number of hydrogen-bond acceptors (Lipinski definition) is 3. The molecule has 1 heterocycles. The van der Waals surface area contributed by atoms with E-state index in [2.05, 4.69) is 15.6 Å². The molecule has 0 bridgehead atoms. The first kappa shape index (κ1) is 24.9. The number of halogens is 4. The average Bonchev–Trinajstić information content (AvgIpc) is 2.64. The van der Waals surface area contributed by atoms with Crippen LogP contribution in [0.1, 0.15) is 24.0 Å². The lowest BCUT2D eigenvalue weighted by atomic mass is 10.1. The molecule has 2 N–H and O–H groups in total. The molecule has 1 aromatic rings. The van der Waals surface area contributed by atoms with Crippen LogP contribution >= 0.6 is 35.7 Å². The number of hydrogen-bond donors (Lipinski definition) is 2. The van der Waals surface area contributed by atoms with Crippen molar-refractivity contribution in [2.45, 2.75) is 31.6 Å². The maximum Gasteiger partial charge on any atom is 0.416 e. The predicted molar refractivity (Wildman–Crippen MR) is 118 cm³/mol. The highest BCUT2D eigenvalue weighted by Crippen LogP contribution is 2.29. The van der Waals surface area contributed by atoms with E-state index in [1.807, 2.05) is 11.8 Å². The summed E-state index contributed by atoms with van der Waals surface area (Å²) in [4.78, 5) is 17.7. The summed E-state index contributed by atoms with van der Waals surface area (Å²) >= 11 is 1.85. The zero-order chi connectivity index (χ0) is 19.9. The van der Waals surface area contributed by atoms with Crippen LogP contribution in [-0.2, 0) is 17.5 Å². The molecular formula is C18H26F3IN4OS. The molecule has 0 radical (unpaired) electrons. The van der Waals surface area contributed by atoms with Crippen molar-refractivity contribution in [3.05, 3.63) is 35.4 Å². The number of nitrogens with zero attached hydrogens (tertiary/aromatic N) is 2. The first-order chi connectivity index (χ1) is 12.8. The van der Waals surface area contributed by atoms with Gasteiger partial charge in [0.25, 0.3) is 0 Å².